The van der Waals surface area contributed by atoms with Gasteiger partial charge in [0.25, 0.3) is 6.43 Å². The Kier molecular flexibility index (Phi) is 3.71. The van der Waals surface area contributed by atoms with Crippen LogP contribution in [0.4, 0.5) is 22.0 Å². The number of aromatic nitrogens is 2. The molecule has 0 N–H and O–H groups in total. The predicted octanol–water partition coefficient (Wildman–Crippen LogP) is 5.25. The number of hydrogen-bond acceptors (Lipinski definition) is 2. The Morgan fingerprint density at radius 2 is 1.61 bits per heavy atom. The van der Waals surface area contributed by atoms with Crippen molar-refractivity contribution in [2.75, 3.05) is 0 Å². The van der Waals surface area contributed by atoms with Gasteiger partial charge in [0.1, 0.15) is 0 Å². The van der Waals surface area contributed by atoms with E-state index < -0.39 is 18.2 Å². The molecule has 2 aromatic heterocycles. The maximum Gasteiger partial charge on any atom is 0.416 e. The van der Waals surface area contributed by atoms with E-state index in [1.54, 1.807) is 0 Å². The van der Waals surface area contributed by atoms with Gasteiger partial charge in [-0.1, -0.05) is 0 Å². The van der Waals surface area contributed by atoms with Crippen molar-refractivity contribution in [3.8, 4) is 11.3 Å². The molecule has 0 aliphatic carbocycles. The van der Waals surface area contributed by atoms with Gasteiger partial charge < -0.3 is 0 Å². The SMILES string of the molecule is FC(F)c1ccnc(-c2ccnc3ccc(C(F)(F)F)cc23)c1. The predicted molar refractivity (Wildman–Crippen MR) is 74.9 cm³/mol. The van der Waals surface area contributed by atoms with Crippen molar-refractivity contribution in [3.05, 3.63) is 59.9 Å². The molecule has 7 heteroatoms. The van der Waals surface area contributed by atoms with E-state index in [-0.39, 0.29) is 16.6 Å². The third-order valence-electron chi connectivity index (χ3n) is 3.38. The van der Waals surface area contributed by atoms with Gasteiger partial charge in [-0.2, -0.15) is 13.2 Å². The van der Waals surface area contributed by atoms with Gasteiger partial charge in [-0.3, -0.25) is 9.97 Å². The van der Waals surface area contributed by atoms with Crippen LogP contribution < -0.4 is 0 Å². The molecule has 118 valence electrons. The highest BCUT2D eigenvalue weighted by Gasteiger charge is 2.30. The van der Waals surface area contributed by atoms with Crippen LogP contribution in [-0.4, -0.2) is 9.97 Å². The molecule has 0 radical (unpaired) electrons. The molecule has 2 nitrogen and oxygen atoms in total. The van der Waals surface area contributed by atoms with Gasteiger partial charge in [-0.05, 0) is 36.4 Å². The van der Waals surface area contributed by atoms with Crippen molar-refractivity contribution in [1.82, 2.24) is 9.97 Å². The number of alkyl halides is 5. The summed E-state index contributed by atoms with van der Waals surface area (Å²) in [5, 5.41) is 0.209. The van der Waals surface area contributed by atoms with Crippen LogP contribution in [0.25, 0.3) is 22.2 Å². The van der Waals surface area contributed by atoms with E-state index in [9.17, 15) is 22.0 Å². The Morgan fingerprint density at radius 3 is 2.30 bits per heavy atom. The molecule has 23 heavy (non-hydrogen) atoms. The third-order valence-corrected chi connectivity index (χ3v) is 3.38. The van der Waals surface area contributed by atoms with Gasteiger partial charge in [0.2, 0.25) is 0 Å². The zero-order chi connectivity index (χ0) is 16.6. The molecular formula is C16H9F5N2. The quantitative estimate of drug-likeness (QED) is 0.601. The minimum absolute atomic E-state index is 0.175. The summed E-state index contributed by atoms with van der Waals surface area (Å²) in [6, 6.07) is 6.92. The number of hydrogen-bond donors (Lipinski definition) is 0. The summed E-state index contributed by atoms with van der Waals surface area (Å²) in [4.78, 5) is 8.00. The second kappa shape index (κ2) is 5.57. The largest absolute Gasteiger partial charge is 0.416 e. The van der Waals surface area contributed by atoms with Crippen molar-refractivity contribution < 1.29 is 22.0 Å². The lowest BCUT2D eigenvalue weighted by atomic mass is 10.0. The first kappa shape index (κ1) is 15.3. The van der Waals surface area contributed by atoms with Gasteiger partial charge in [-0.25, -0.2) is 8.78 Å². The van der Waals surface area contributed by atoms with Crippen molar-refractivity contribution >= 4 is 10.9 Å². The number of nitrogens with zero attached hydrogens (tertiary/aromatic N) is 2. The fourth-order valence-electron chi connectivity index (χ4n) is 2.28. The number of rotatable bonds is 2. The van der Waals surface area contributed by atoms with Gasteiger partial charge >= 0.3 is 6.18 Å². The van der Waals surface area contributed by atoms with Crippen molar-refractivity contribution in [3.63, 3.8) is 0 Å². The van der Waals surface area contributed by atoms with Crippen LogP contribution in [0.1, 0.15) is 17.6 Å². The Labute approximate surface area is 127 Å². The minimum atomic E-state index is -4.50. The Morgan fingerprint density at radius 1 is 0.870 bits per heavy atom. The molecule has 0 spiro atoms. The second-order valence-corrected chi connectivity index (χ2v) is 4.86. The molecule has 0 unspecified atom stereocenters. The van der Waals surface area contributed by atoms with Crippen molar-refractivity contribution in [1.29, 1.82) is 0 Å². The standard InChI is InChI=1S/C16H9F5N2/c17-15(18)9-3-5-23-14(7-9)11-4-6-22-13-2-1-10(8-12(11)13)16(19,20)21/h1-8,15H. The van der Waals surface area contributed by atoms with Crippen LogP contribution in [-0.2, 0) is 6.18 Å². The highest BCUT2D eigenvalue weighted by molar-refractivity contribution is 5.93. The Hall–Kier alpha value is -2.57. The highest BCUT2D eigenvalue weighted by Crippen LogP contribution is 2.34. The smallest absolute Gasteiger partial charge is 0.256 e. The van der Waals surface area contributed by atoms with Gasteiger partial charge in [-0.15, -0.1) is 0 Å². The maximum atomic E-state index is 12.9. The molecule has 0 aliphatic rings. The topological polar surface area (TPSA) is 25.8 Å². The molecular weight excluding hydrogens is 315 g/mol. The zero-order valence-electron chi connectivity index (χ0n) is 11.5. The molecule has 0 bridgehead atoms. The van der Waals surface area contributed by atoms with Crippen LogP contribution >= 0.6 is 0 Å². The summed E-state index contributed by atoms with van der Waals surface area (Å²) in [6.45, 7) is 0. The number of fused-ring (bicyclic) bond motifs is 1. The maximum absolute atomic E-state index is 12.9. The van der Waals surface area contributed by atoms with E-state index in [1.807, 2.05) is 0 Å². The summed E-state index contributed by atoms with van der Waals surface area (Å²) in [5.41, 5.74) is -0.242. The molecule has 0 atom stereocenters. The van der Waals surface area contributed by atoms with Crippen molar-refractivity contribution in [2.45, 2.75) is 12.6 Å². The van der Waals surface area contributed by atoms with Crippen LogP contribution in [0.2, 0.25) is 0 Å². The second-order valence-electron chi connectivity index (χ2n) is 4.86. The fourth-order valence-corrected chi connectivity index (χ4v) is 2.28. The van der Waals surface area contributed by atoms with Gasteiger partial charge in [0.15, 0.2) is 0 Å². The first-order chi connectivity index (χ1) is 10.9. The molecule has 3 aromatic rings. The molecule has 0 amide bonds. The molecule has 0 saturated carbocycles. The van der Waals surface area contributed by atoms with Gasteiger partial charge in [0.05, 0.1) is 16.8 Å². The summed E-state index contributed by atoms with van der Waals surface area (Å²) in [6.07, 6.45) is -4.58. The van der Waals surface area contributed by atoms with E-state index in [2.05, 4.69) is 9.97 Å². The fraction of sp³-hybridized carbons (Fsp3) is 0.125. The first-order valence-corrected chi connectivity index (χ1v) is 6.57. The monoisotopic (exact) mass is 324 g/mol. The average molecular weight is 324 g/mol. The number of benzene rings is 1. The summed E-state index contributed by atoms with van der Waals surface area (Å²) < 4.78 is 64.3. The van der Waals surface area contributed by atoms with E-state index in [0.717, 1.165) is 12.1 Å². The van der Waals surface area contributed by atoms with E-state index in [4.69, 9.17) is 0 Å². The van der Waals surface area contributed by atoms with Crippen LogP contribution in [0, 0.1) is 0 Å². The third kappa shape index (κ3) is 2.99. The van der Waals surface area contributed by atoms with Crippen LogP contribution in [0.3, 0.4) is 0 Å². The minimum Gasteiger partial charge on any atom is -0.256 e. The van der Waals surface area contributed by atoms with Crippen LogP contribution in [0.15, 0.2) is 48.8 Å². The molecule has 0 saturated heterocycles. The Balaban J connectivity index is 2.23. The van der Waals surface area contributed by atoms with Gasteiger partial charge in [0, 0.05) is 28.9 Å². The lowest BCUT2D eigenvalue weighted by Gasteiger charge is -2.11. The summed E-state index contributed by atoms with van der Waals surface area (Å²) in [7, 11) is 0. The van der Waals surface area contributed by atoms with E-state index in [1.165, 1.54) is 36.7 Å². The number of halogens is 5. The lowest BCUT2D eigenvalue weighted by molar-refractivity contribution is -0.137. The van der Waals surface area contributed by atoms with E-state index >= 15 is 0 Å². The summed E-state index contributed by atoms with van der Waals surface area (Å²) >= 11 is 0. The molecule has 0 fully saturated rings. The number of pyridine rings is 2. The lowest BCUT2D eigenvalue weighted by Crippen LogP contribution is -2.04. The van der Waals surface area contributed by atoms with Crippen LogP contribution in [0.5, 0.6) is 0 Å². The highest BCUT2D eigenvalue weighted by atomic mass is 19.4. The molecule has 0 aliphatic heterocycles. The zero-order valence-corrected chi connectivity index (χ0v) is 11.5. The van der Waals surface area contributed by atoms with E-state index in [0.29, 0.717) is 11.1 Å². The average Bonchev–Trinajstić information content (AvgIpc) is 2.53. The molecule has 1 aromatic carbocycles. The Bertz CT molecular complexity index is 858. The molecule has 2 heterocycles. The molecule has 3 rings (SSSR count). The van der Waals surface area contributed by atoms with Crippen molar-refractivity contribution in [2.24, 2.45) is 0 Å². The normalized spacial score (nSPS) is 12.1. The summed E-state index contributed by atoms with van der Waals surface area (Å²) in [5.74, 6) is 0. The first-order valence-electron chi connectivity index (χ1n) is 6.57.